The van der Waals surface area contributed by atoms with Crippen molar-refractivity contribution >= 4 is 21.6 Å². The minimum absolute atomic E-state index is 0.162. The van der Waals surface area contributed by atoms with E-state index >= 15 is 0 Å². The second-order valence-corrected chi connectivity index (χ2v) is 8.84. The lowest BCUT2D eigenvalue weighted by molar-refractivity contribution is 0.0940. The van der Waals surface area contributed by atoms with E-state index in [0.717, 1.165) is 29.0 Å². The topological polar surface area (TPSA) is 66.5 Å². The van der Waals surface area contributed by atoms with Crippen LogP contribution in [0.15, 0.2) is 42.5 Å². The van der Waals surface area contributed by atoms with Crippen molar-refractivity contribution in [3.05, 3.63) is 64.7 Å². The van der Waals surface area contributed by atoms with E-state index in [1.54, 1.807) is 24.3 Å². The number of carbonyl (C=O) groups is 1. The molecule has 0 saturated carbocycles. The molecule has 1 amide bonds. The molecule has 0 fully saturated rings. The number of anilines is 1. The predicted molar refractivity (Wildman–Crippen MR) is 104 cm³/mol. The summed E-state index contributed by atoms with van der Waals surface area (Å²) < 4.78 is 24.8. The van der Waals surface area contributed by atoms with Gasteiger partial charge < -0.3 is 5.32 Å². The standard InChI is InChI=1S/C20H24N2O3S/c1-14(16-12-11-15-7-6-8-17(15)13-16)21-20(23)18-9-4-5-10-19(18)22(2)26(3,24)25/h4-5,9-14H,6-8H2,1-3H3,(H,21,23)/t14-/m0/s1. The van der Waals surface area contributed by atoms with Gasteiger partial charge in [0.05, 0.1) is 23.5 Å². The largest absolute Gasteiger partial charge is 0.345 e. The smallest absolute Gasteiger partial charge is 0.253 e. The molecule has 0 spiro atoms. The number of hydrogen-bond acceptors (Lipinski definition) is 3. The molecule has 1 aliphatic rings. The van der Waals surface area contributed by atoms with Crippen LogP contribution in [-0.2, 0) is 22.9 Å². The normalized spacial score (nSPS) is 14.6. The molecule has 1 aliphatic carbocycles. The first-order valence-electron chi connectivity index (χ1n) is 8.73. The van der Waals surface area contributed by atoms with Crippen molar-refractivity contribution in [3.8, 4) is 0 Å². The fraction of sp³-hybridized carbons (Fsp3) is 0.350. The number of rotatable bonds is 5. The highest BCUT2D eigenvalue weighted by molar-refractivity contribution is 7.92. The van der Waals surface area contributed by atoms with Gasteiger partial charge in [-0.25, -0.2) is 8.42 Å². The number of benzene rings is 2. The quantitative estimate of drug-likeness (QED) is 0.877. The number of fused-ring (bicyclic) bond motifs is 1. The molecule has 5 nitrogen and oxygen atoms in total. The molecule has 0 aromatic heterocycles. The van der Waals surface area contributed by atoms with E-state index in [1.165, 1.54) is 24.6 Å². The minimum atomic E-state index is -3.45. The highest BCUT2D eigenvalue weighted by Gasteiger charge is 2.21. The van der Waals surface area contributed by atoms with Crippen molar-refractivity contribution in [2.45, 2.75) is 32.2 Å². The van der Waals surface area contributed by atoms with E-state index in [2.05, 4.69) is 23.5 Å². The number of nitrogens with zero attached hydrogens (tertiary/aromatic N) is 1. The van der Waals surface area contributed by atoms with Gasteiger partial charge in [0.15, 0.2) is 0 Å². The summed E-state index contributed by atoms with van der Waals surface area (Å²) in [6.45, 7) is 1.94. The molecule has 2 aromatic carbocycles. The number of hydrogen-bond donors (Lipinski definition) is 1. The molecule has 1 N–H and O–H groups in total. The first-order valence-corrected chi connectivity index (χ1v) is 10.6. The molecule has 0 heterocycles. The van der Waals surface area contributed by atoms with E-state index in [9.17, 15) is 13.2 Å². The number of sulfonamides is 1. The molecule has 0 saturated heterocycles. The maximum absolute atomic E-state index is 12.8. The Morgan fingerprint density at radius 2 is 1.81 bits per heavy atom. The molecule has 1 atom stereocenters. The third-order valence-corrected chi connectivity index (χ3v) is 6.15. The average molecular weight is 372 g/mol. The Kier molecular flexibility index (Phi) is 5.05. The van der Waals surface area contributed by atoms with E-state index in [4.69, 9.17) is 0 Å². The molecule has 2 aromatic rings. The van der Waals surface area contributed by atoms with Crippen LogP contribution in [0.2, 0.25) is 0 Å². The molecule has 0 aliphatic heterocycles. The minimum Gasteiger partial charge on any atom is -0.345 e. The Hall–Kier alpha value is -2.34. The van der Waals surface area contributed by atoms with Gasteiger partial charge in [-0.1, -0.05) is 30.3 Å². The Morgan fingerprint density at radius 3 is 2.54 bits per heavy atom. The van der Waals surface area contributed by atoms with Crippen LogP contribution in [0.1, 0.15) is 46.4 Å². The lowest BCUT2D eigenvalue weighted by Crippen LogP contribution is -2.31. The van der Waals surface area contributed by atoms with Crippen molar-refractivity contribution in [3.63, 3.8) is 0 Å². The summed E-state index contributed by atoms with van der Waals surface area (Å²) in [5.41, 5.74) is 4.53. The molecule has 0 bridgehead atoms. The average Bonchev–Trinajstić information content (AvgIpc) is 3.07. The Balaban J connectivity index is 1.82. The van der Waals surface area contributed by atoms with Gasteiger partial charge in [-0.3, -0.25) is 9.10 Å². The third kappa shape index (κ3) is 3.75. The molecule has 26 heavy (non-hydrogen) atoms. The number of carbonyl (C=O) groups excluding carboxylic acids is 1. The monoisotopic (exact) mass is 372 g/mol. The van der Waals surface area contributed by atoms with Crippen molar-refractivity contribution in [1.29, 1.82) is 0 Å². The maximum atomic E-state index is 12.8. The zero-order chi connectivity index (χ0) is 18.9. The number of para-hydroxylation sites is 1. The maximum Gasteiger partial charge on any atom is 0.253 e. The first-order chi connectivity index (χ1) is 12.3. The summed E-state index contributed by atoms with van der Waals surface area (Å²) in [5.74, 6) is -0.288. The lowest BCUT2D eigenvalue weighted by Gasteiger charge is -2.21. The van der Waals surface area contributed by atoms with Crippen molar-refractivity contribution < 1.29 is 13.2 Å². The molecular weight excluding hydrogens is 348 g/mol. The Labute approximate surface area is 155 Å². The predicted octanol–water partition coefficient (Wildman–Crippen LogP) is 3.06. The Bertz CT molecular complexity index is 938. The van der Waals surface area contributed by atoms with Gasteiger partial charge in [-0.05, 0) is 55.0 Å². The van der Waals surface area contributed by atoms with Gasteiger partial charge >= 0.3 is 0 Å². The van der Waals surface area contributed by atoms with Gasteiger partial charge in [-0.2, -0.15) is 0 Å². The van der Waals surface area contributed by atoms with Crippen molar-refractivity contribution in [2.75, 3.05) is 17.6 Å². The summed E-state index contributed by atoms with van der Waals surface area (Å²) in [5, 5.41) is 2.99. The highest BCUT2D eigenvalue weighted by atomic mass is 32.2. The molecule has 3 rings (SSSR count). The van der Waals surface area contributed by atoms with Crippen LogP contribution in [0.4, 0.5) is 5.69 Å². The summed E-state index contributed by atoms with van der Waals surface area (Å²) in [6.07, 6.45) is 4.52. The summed E-state index contributed by atoms with van der Waals surface area (Å²) >= 11 is 0. The first kappa shape index (κ1) is 18.5. The zero-order valence-corrected chi connectivity index (χ0v) is 16.1. The second-order valence-electron chi connectivity index (χ2n) is 6.82. The Morgan fingerprint density at radius 1 is 1.12 bits per heavy atom. The fourth-order valence-electron chi connectivity index (χ4n) is 3.34. The van der Waals surface area contributed by atoms with Crippen molar-refractivity contribution in [1.82, 2.24) is 5.32 Å². The van der Waals surface area contributed by atoms with Crippen LogP contribution in [0.5, 0.6) is 0 Å². The van der Waals surface area contributed by atoms with Gasteiger partial charge in [0.25, 0.3) is 5.91 Å². The van der Waals surface area contributed by atoms with E-state index in [-0.39, 0.29) is 11.9 Å². The lowest BCUT2D eigenvalue weighted by atomic mass is 10.0. The molecule has 138 valence electrons. The molecular formula is C20H24N2O3S. The van der Waals surface area contributed by atoms with Gasteiger partial charge in [-0.15, -0.1) is 0 Å². The van der Waals surface area contributed by atoms with Gasteiger partial charge in [0, 0.05) is 7.05 Å². The number of nitrogens with one attached hydrogen (secondary N) is 1. The number of aryl methyl sites for hydroxylation is 2. The van der Waals surface area contributed by atoms with Crippen LogP contribution >= 0.6 is 0 Å². The van der Waals surface area contributed by atoms with Gasteiger partial charge in [0.2, 0.25) is 10.0 Å². The van der Waals surface area contributed by atoms with E-state index in [0.29, 0.717) is 11.3 Å². The SMILES string of the molecule is C[C@H](NC(=O)c1ccccc1N(C)S(C)(=O)=O)c1ccc2c(c1)CCC2. The summed E-state index contributed by atoms with van der Waals surface area (Å²) in [4.78, 5) is 12.8. The number of amides is 1. The van der Waals surface area contributed by atoms with Crippen LogP contribution in [-0.4, -0.2) is 27.6 Å². The van der Waals surface area contributed by atoms with Crippen molar-refractivity contribution in [2.24, 2.45) is 0 Å². The second kappa shape index (κ2) is 7.11. The summed E-state index contributed by atoms with van der Waals surface area (Å²) in [6, 6.07) is 12.9. The zero-order valence-electron chi connectivity index (χ0n) is 15.3. The molecule has 6 heteroatoms. The van der Waals surface area contributed by atoms with E-state index in [1.807, 2.05) is 6.92 Å². The molecule has 0 unspecified atom stereocenters. The van der Waals surface area contributed by atoms with Crippen LogP contribution in [0.25, 0.3) is 0 Å². The van der Waals surface area contributed by atoms with Crippen LogP contribution in [0.3, 0.4) is 0 Å². The highest BCUT2D eigenvalue weighted by Crippen LogP contribution is 2.26. The van der Waals surface area contributed by atoms with Gasteiger partial charge in [0.1, 0.15) is 0 Å². The third-order valence-electron chi connectivity index (χ3n) is 4.96. The van der Waals surface area contributed by atoms with Crippen LogP contribution in [0, 0.1) is 0 Å². The van der Waals surface area contributed by atoms with E-state index < -0.39 is 10.0 Å². The fourth-order valence-corrected chi connectivity index (χ4v) is 3.85. The summed E-state index contributed by atoms with van der Waals surface area (Å²) in [7, 11) is -2.00. The van der Waals surface area contributed by atoms with Crippen LogP contribution < -0.4 is 9.62 Å². The molecule has 0 radical (unpaired) electrons.